The molecule has 1 aliphatic carbocycles. The third-order valence-electron chi connectivity index (χ3n) is 7.23. The maximum Gasteiger partial charge on any atom is 0.252 e. The second kappa shape index (κ2) is 7.78. The molecule has 3 N–H and O–H groups in total. The van der Waals surface area contributed by atoms with E-state index in [1.807, 2.05) is 18.7 Å². The first-order chi connectivity index (χ1) is 14.3. The number of piperidine rings is 1. The summed E-state index contributed by atoms with van der Waals surface area (Å²) in [7, 11) is 0. The summed E-state index contributed by atoms with van der Waals surface area (Å²) in [4.78, 5) is 28.3. The standard InChI is InChI=1S/C25H31N3O2/c1-16-7-9-19(10-8-16)20-11-13-28(14-12-20)24(30)25(17(2)18(25)3)27-23(29)21-5-4-6-22(26)15-21/h4-10,15,17-18,20H,11-14,26H2,1-3H3,(H,27,29). The zero-order valence-electron chi connectivity index (χ0n) is 18.0. The van der Waals surface area contributed by atoms with Crippen LogP contribution in [0.15, 0.2) is 48.5 Å². The van der Waals surface area contributed by atoms with Crippen molar-refractivity contribution < 1.29 is 9.59 Å². The summed E-state index contributed by atoms with van der Waals surface area (Å²) < 4.78 is 0. The molecular weight excluding hydrogens is 374 g/mol. The molecule has 2 aliphatic rings. The molecule has 2 aromatic rings. The number of likely N-dealkylation sites (tertiary alicyclic amines) is 1. The first-order valence-corrected chi connectivity index (χ1v) is 10.9. The van der Waals surface area contributed by atoms with Crippen molar-refractivity contribution in [1.82, 2.24) is 10.2 Å². The van der Waals surface area contributed by atoms with Gasteiger partial charge in [0.05, 0.1) is 0 Å². The molecule has 30 heavy (non-hydrogen) atoms. The summed E-state index contributed by atoms with van der Waals surface area (Å²) in [5.74, 6) is 0.541. The number of nitrogens with zero attached hydrogens (tertiary/aromatic N) is 1. The van der Waals surface area contributed by atoms with E-state index in [9.17, 15) is 9.59 Å². The number of hydrogen-bond donors (Lipinski definition) is 2. The Morgan fingerprint density at radius 3 is 2.23 bits per heavy atom. The first kappa shape index (κ1) is 20.5. The Hall–Kier alpha value is -2.82. The summed E-state index contributed by atoms with van der Waals surface area (Å²) in [6.45, 7) is 7.64. The van der Waals surface area contributed by atoms with Crippen LogP contribution >= 0.6 is 0 Å². The van der Waals surface area contributed by atoms with Crippen molar-refractivity contribution in [2.24, 2.45) is 11.8 Å². The van der Waals surface area contributed by atoms with E-state index in [4.69, 9.17) is 5.73 Å². The molecule has 158 valence electrons. The monoisotopic (exact) mass is 405 g/mol. The molecule has 1 saturated carbocycles. The normalized spacial score (nSPS) is 26.3. The Kier molecular flexibility index (Phi) is 5.31. The SMILES string of the molecule is Cc1ccc(C2CCN(C(=O)C3(NC(=O)c4cccc(N)c4)C(C)C3C)CC2)cc1. The summed E-state index contributed by atoms with van der Waals surface area (Å²) in [6, 6.07) is 15.6. The van der Waals surface area contributed by atoms with Gasteiger partial charge in [-0.1, -0.05) is 49.7 Å². The highest BCUT2D eigenvalue weighted by molar-refractivity contribution is 6.01. The van der Waals surface area contributed by atoms with Crippen LogP contribution in [-0.2, 0) is 4.79 Å². The lowest BCUT2D eigenvalue weighted by Crippen LogP contribution is -2.54. The lowest BCUT2D eigenvalue weighted by atomic mass is 9.88. The van der Waals surface area contributed by atoms with Gasteiger partial charge in [0.15, 0.2) is 0 Å². The minimum atomic E-state index is -0.807. The Bertz CT molecular complexity index is 937. The van der Waals surface area contributed by atoms with Crippen LogP contribution in [-0.4, -0.2) is 35.3 Å². The number of rotatable bonds is 4. The quantitative estimate of drug-likeness (QED) is 0.761. The van der Waals surface area contributed by atoms with Crippen LogP contribution in [0.2, 0.25) is 0 Å². The van der Waals surface area contributed by atoms with E-state index in [0.29, 0.717) is 17.2 Å². The third kappa shape index (κ3) is 3.57. The van der Waals surface area contributed by atoms with E-state index in [2.05, 4.69) is 36.5 Å². The second-order valence-corrected chi connectivity index (χ2v) is 9.00. The summed E-state index contributed by atoms with van der Waals surface area (Å²) in [6.07, 6.45) is 1.91. The highest BCUT2D eigenvalue weighted by Crippen LogP contribution is 2.51. The van der Waals surface area contributed by atoms with Crippen LogP contribution in [0.25, 0.3) is 0 Å². The number of carbonyl (C=O) groups is 2. The van der Waals surface area contributed by atoms with Crippen molar-refractivity contribution in [3.8, 4) is 0 Å². The predicted molar refractivity (Wildman–Crippen MR) is 119 cm³/mol. The molecule has 0 bridgehead atoms. The fraction of sp³-hybridized carbons (Fsp3) is 0.440. The van der Waals surface area contributed by atoms with Crippen LogP contribution in [0, 0.1) is 18.8 Å². The highest BCUT2D eigenvalue weighted by atomic mass is 16.2. The van der Waals surface area contributed by atoms with E-state index >= 15 is 0 Å². The van der Waals surface area contributed by atoms with E-state index in [-0.39, 0.29) is 23.7 Å². The van der Waals surface area contributed by atoms with Gasteiger partial charge in [0.1, 0.15) is 5.54 Å². The van der Waals surface area contributed by atoms with Gasteiger partial charge in [0.2, 0.25) is 5.91 Å². The third-order valence-corrected chi connectivity index (χ3v) is 7.23. The van der Waals surface area contributed by atoms with Crippen molar-refractivity contribution >= 4 is 17.5 Å². The fourth-order valence-corrected chi connectivity index (χ4v) is 4.90. The summed E-state index contributed by atoms with van der Waals surface area (Å²) in [5.41, 5.74) is 8.66. The number of nitrogen functional groups attached to an aromatic ring is 1. The van der Waals surface area contributed by atoms with Crippen molar-refractivity contribution in [2.75, 3.05) is 18.8 Å². The highest BCUT2D eigenvalue weighted by Gasteiger charge is 2.66. The lowest BCUT2D eigenvalue weighted by molar-refractivity contribution is -0.136. The Morgan fingerprint density at radius 2 is 1.67 bits per heavy atom. The van der Waals surface area contributed by atoms with Gasteiger partial charge in [0.25, 0.3) is 5.91 Å². The van der Waals surface area contributed by atoms with Crippen molar-refractivity contribution in [3.05, 3.63) is 65.2 Å². The molecule has 5 heteroatoms. The maximum absolute atomic E-state index is 13.5. The zero-order chi connectivity index (χ0) is 21.5. The molecule has 5 nitrogen and oxygen atoms in total. The predicted octanol–water partition coefficient (Wildman–Crippen LogP) is 3.74. The number of aryl methyl sites for hydroxylation is 1. The Labute approximate surface area is 178 Å². The zero-order valence-corrected chi connectivity index (χ0v) is 18.0. The van der Waals surface area contributed by atoms with Crippen LogP contribution in [0.1, 0.15) is 54.1 Å². The number of hydrogen-bond acceptors (Lipinski definition) is 3. The van der Waals surface area contributed by atoms with Gasteiger partial charge >= 0.3 is 0 Å². The van der Waals surface area contributed by atoms with Crippen LogP contribution in [0.5, 0.6) is 0 Å². The van der Waals surface area contributed by atoms with Crippen molar-refractivity contribution in [1.29, 1.82) is 0 Å². The van der Waals surface area contributed by atoms with Gasteiger partial charge in [-0.3, -0.25) is 9.59 Å². The molecule has 2 atom stereocenters. The second-order valence-electron chi connectivity index (χ2n) is 9.00. The number of anilines is 1. The molecule has 0 spiro atoms. The molecule has 0 aromatic heterocycles. The Balaban J connectivity index is 1.44. The fourth-order valence-electron chi connectivity index (χ4n) is 4.90. The first-order valence-electron chi connectivity index (χ1n) is 10.9. The van der Waals surface area contributed by atoms with Crippen LogP contribution in [0.3, 0.4) is 0 Å². The van der Waals surface area contributed by atoms with Gasteiger partial charge < -0.3 is 16.0 Å². The van der Waals surface area contributed by atoms with Gasteiger partial charge in [-0.05, 0) is 61.3 Å². The average molecular weight is 406 g/mol. The van der Waals surface area contributed by atoms with Crippen molar-refractivity contribution in [3.63, 3.8) is 0 Å². The van der Waals surface area contributed by atoms with Crippen molar-refractivity contribution in [2.45, 2.75) is 45.1 Å². The molecule has 1 heterocycles. The van der Waals surface area contributed by atoms with E-state index in [0.717, 1.165) is 25.9 Å². The summed E-state index contributed by atoms with van der Waals surface area (Å²) >= 11 is 0. The topological polar surface area (TPSA) is 75.4 Å². The molecule has 2 fully saturated rings. The largest absolute Gasteiger partial charge is 0.399 e. The van der Waals surface area contributed by atoms with Gasteiger partial charge in [0, 0.05) is 24.3 Å². The van der Waals surface area contributed by atoms with E-state index in [1.165, 1.54) is 11.1 Å². The number of carbonyl (C=O) groups excluding carboxylic acids is 2. The molecule has 2 aromatic carbocycles. The number of benzene rings is 2. The molecule has 4 rings (SSSR count). The van der Waals surface area contributed by atoms with Gasteiger partial charge in [-0.25, -0.2) is 0 Å². The maximum atomic E-state index is 13.5. The smallest absolute Gasteiger partial charge is 0.252 e. The summed E-state index contributed by atoms with van der Waals surface area (Å²) in [5, 5.41) is 3.07. The minimum Gasteiger partial charge on any atom is -0.399 e. The molecule has 0 radical (unpaired) electrons. The van der Waals surface area contributed by atoms with Gasteiger partial charge in [-0.2, -0.15) is 0 Å². The average Bonchev–Trinajstić information content (AvgIpc) is 3.27. The number of nitrogens with two attached hydrogens (primary N) is 1. The molecule has 2 unspecified atom stereocenters. The van der Waals surface area contributed by atoms with E-state index in [1.54, 1.807) is 24.3 Å². The minimum absolute atomic E-state index is 0.0575. The van der Waals surface area contributed by atoms with Gasteiger partial charge in [-0.15, -0.1) is 0 Å². The molecule has 2 amide bonds. The number of amides is 2. The molecular formula is C25H31N3O2. The van der Waals surface area contributed by atoms with Crippen LogP contribution in [0.4, 0.5) is 5.69 Å². The Morgan fingerprint density at radius 1 is 1.03 bits per heavy atom. The van der Waals surface area contributed by atoms with Crippen LogP contribution < -0.4 is 11.1 Å². The lowest BCUT2D eigenvalue weighted by Gasteiger charge is -2.35. The number of nitrogens with one attached hydrogen (secondary N) is 1. The van der Waals surface area contributed by atoms with E-state index < -0.39 is 5.54 Å². The molecule has 1 aliphatic heterocycles. The molecule has 1 saturated heterocycles.